The van der Waals surface area contributed by atoms with E-state index in [0.29, 0.717) is 34.7 Å². The molecule has 1 atom stereocenters. The highest BCUT2D eigenvalue weighted by Gasteiger charge is 2.25. The van der Waals surface area contributed by atoms with Crippen molar-refractivity contribution in [2.45, 2.75) is 26.0 Å². The lowest BCUT2D eigenvalue weighted by Crippen LogP contribution is -2.39. The maximum Gasteiger partial charge on any atom is 0.263 e. The minimum Gasteiger partial charge on any atom is -0.493 e. The molecule has 0 aliphatic heterocycles. The van der Waals surface area contributed by atoms with Gasteiger partial charge in [0.15, 0.2) is 17.6 Å². The van der Waals surface area contributed by atoms with Crippen LogP contribution in [-0.4, -0.2) is 41.2 Å². The number of likely N-dealkylation sites (N-methyl/N-ethyl adjacent to an activating group) is 1. The van der Waals surface area contributed by atoms with Crippen LogP contribution in [0.4, 0.5) is 0 Å². The fourth-order valence-electron chi connectivity index (χ4n) is 2.74. The molecule has 0 N–H and O–H groups in total. The highest BCUT2D eigenvalue weighted by molar-refractivity contribution is 6.30. The van der Waals surface area contributed by atoms with Crippen LogP contribution >= 0.6 is 11.6 Å². The number of hydrogen-bond donors (Lipinski definition) is 0. The average Bonchev–Trinajstić information content (AvgIpc) is 3.20. The average molecular weight is 416 g/mol. The van der Waals surface area contributed by atoms with Crippen molar-refractivity contribution in [2.75, 3.05) is 14.2 Å². The van der Waals surface area contributed by atoms with Crippen LogP contribution < -0.4 is 9.47 Å². The van der Waals surface area contributed by atoms with Gasteiger partial charge in [-0.2, -0.15) is 4.98 Å². The minimum absolute atomic E-state index is 0.172. The molecule has 0 saturated carbocycles. The topological polar surface area (TPSA) is 77.7 Å². The SMILES string of the molecule is CC[C@H](Oc1ccccc1OC)C(=O)N(C)Cc1nc(-c2ccc(Cl)cc2)no1. The molecule has 8 heteroatoms. The second-order valence-corrected chi connectivity index (χ2v) is 6.81. The molecule has 0 spiro atoms. The number of carbonyl (C=O) groups excluding carboxylic acids is 1. The molecule has 7 nitrogen and oxygen atoms in total. The van der Waals surface area contributed by atoms with Crippen molar-refractivity contribution in [3.05, 3.63) is 59.4 Å². The highest BCUT2D eigenvalue weighted by atomic mass is 35.5. The number of ether oxygens (including phenoxy) is 2. The van der Waals surface area contributed by atoms with Crippen molar-refractivity contribution in [3.8, 4) is 22.9 Å². The molecule has 0 saturated heterocycles. The molecule has 3 rings (SSSR count). The summed E-state index contributed by atoms with van der Waals surface area (Å²) in [6.07, 6.45) is -0.156. The smallest absolute Gasteiger partial charge is 0.263 e. The van der Waals surface area contributed by atoms with Gasteiger partial charge in [0.05, 0.1) is 13.7 Å². The second kappa shape index (κ2) is 9.43. The van der Waals surface area contributed by atoms with Crippen LogP contribution in [0.2, 0.25) is 5.02 Å². The first-order chi connectivity index (χ1) is 14.0. The van der Waals surface area contributed by atoms with Gasteiger partial charge in [-0.25, -0.2) is 0 Å². The summed E-state index contributed by atoms with van der Waals surface area (Å²) >= 11 is 5.90. The zero-order chi connectivity index (χ0) is 20.8. The number of halogens is 1. The molecule has 0 bridgehead atoms. The molecule has 0 radical (unpaired) electrons. The lowest BCUT2D eigenvalue weighted by atomic mass is 10.2. The summed E-state index contributed by atoms with van der Waals surface area (Å²) in [6, 6.07) is 14.3. The Labute approximate surface area is 174 Å². The van der Waals surface area contributed by atoms with Crippen LogP contribution in [0.15, 0.2) is 53.1 Å². The number of rotatable bonds is 8. The Bertz CT molecular complexity index is 959. The number of methoxy groups -OCH3 is 1. The Morgan fingerprint density at radius 2 is 1.86 bits per heavy atom. The summed E-state index contributed by atoms with van der Waals surface area (Å²) < 4.78 is 16.5. The molecular formula is C21H22ClN3O4. The Kier molecular flexibility index (Phi) is 6.72. The highest BCUT2D eigenvalue weighted by Crippen LogP contribution is 2.28. The van der Waals surface area contributed by atoms with Crippen molar-refractivity contribution < 1.29 is 18.8 Å². The van der Waals surface area contributed by atoms with E-state index < -0.39 is 6.10 Å². The molecule has 29 heavy (non-hydrogen) atoms. The monoisotopic (exact) mass is 415 g/mol. The number of nitrogens with zero attached hydrogens (tertiary/aromatic N) is 3. The van der Waals surface area contributed by atoms with E-state index in [1.54, 1.807) is 50.6 Å². The first-order valence-corrected chi connectivity index (χ1v) is 9.52. The number of carbonyl (C=O) groups is 1. The number of hydrogen-bond acceptors (Lipinski definition) is 6. The van der Waals surface area contributed by atoms with Gasteiger partial charge in [-0.05, 0) is 42.8 Å². The quantitative estimate of drug-likeness (QED) is 0.548. The van der Waals surface area contributed by atoms with E-state index in [0.717, 1.165) is 5.56 Å². The molecule has 0 aliphatic rings. The fraction of sp³-hybridized carbons (Fsp3) is 0.286. The van der Waals surface area contributed by atoms with Gasteiger partial charge >= 0.3 is 0 Å². The van der Waals surface area contributed by atoms with Crippen LogP contribution in [0.5, 0.6) is 11.5 Å². The number of aromatic nitrogens is 2. The van der Waals surface area contributed by atoms with Gasteiger partial charge in [0.2, 0.25) is 11.7 Å². The first kappa shape index (κ1) is 20.7. The Morgan fingerprint density at radius 3 is 2.52 bits per heavy atom. The van der Waals surface area contributed by atoms with Crippen molar-refractivity contribution >= 4 is 17.5 Å². The molecular weight excluding hydrogens is 394 g/mol. The lowest BCUT2D eigenvalue weighted by molar-refractivity contribution is -0.138. The van der Waals surface area contributed by atoms with E-state index in [4.69, 9.17) is 25.6 Å². The van der Waals surface area contributed by atoms with Gasteiger partial charge in [0, 0.05) is 17.6 Å². The van der Waals surface area contributed by atoms with Crippen LogP contribution in [0.25, 0.3) is 11.4 Å². The predicted molar refractivity (Wildman–Crippen MR) is 109 cm³/mol. The molecule has 2 aromatic carbocycles. The normalized spacial score (nSPS) is 11.7. The van der Waals surface area contributed by atoms with E-state index >= 15 is 0 Å². The molecule has 152 valence electrons. The third kappa shape index (κ3) is 5.06. The molecule has 1 heterocycles. The van der Waals surface area contributed by atoms with Gasteiger partial charge in [0.25, 0.3) is 5.91 Å². The van der Waals surface area contributed by atoms with E-state index in [1.807, 2.05) is 19.1 Å². The third-order valence-corrected chi connectivity index (χ3v) is 4.56. The van der Waals surface area contributed by atoms with Crippen molar-refractivity contribution in [1.29, 1.82) is 0 Å². The summed E-state index contributed by atoms with van der Waals surface area (Å²) in [5, 5.41) is 4.60. The van der Waals surface area contributed by atoms with E-state index in [2.05, 4.69) is 10.1 Å². The largest absolute Gasteiger partial charge is 0.493 e. The Morgan fingerprint density at radius 1 is 1.17 bits per heavy atom. The fourth-order valence-corrected chi connectivity index (χ4v) is 2.87. The molecule has 0 aliphatic carbocycles. The summed E-state index contributed by atoms with van der Waals surface area (Å²) in [7, 11) is 3.23. The van der Waals surface area contributed by atoms with Crippen LogP contribution in [0, 0.1) is 0 Å². The van der Waals surface area contributed by atoms with Crippen molar-refractivity contribution in [2.24, 2.45) is 0 Å². The summed E-state index contributed by atoms with van der Waals surface area (Å²) in [6.45, 7) is 2.06. The standard InChI is InChI=1S/C21H22ClN3O4/c1-4-16(28-18-8-6-5-7-17(18)27-3)21(26)25(2)13-19-23-20(24-29-19)14-9-11-15(22)12-10-14/h5-12,16H,4,13H2,1-3H3/t16-/m0/s1. The van der Waals surface area contributed by atoms with Gasteiger partial charge in [-0.1, -0.05) is 35.8 Å². The van der Waals surface area contributed by atoms with E-state index in [-0.39, 0.29) is 12.5 Å². The van der Waals surface area contributed by atoms with Gasteiger partial charge < -0.3 is 18.9 Å². The lowest BCUT2D eigenvalue weighted by Gasteiger charge is -2.23. The first-order valence-electron chi connectivity index (χ1n) is 9.15. The van der Waals surface area contributed by atoms with E-state index in [9.17, 15) is 4.79 Å². The summed E-state index contributed by atoms with van der Waals surface area (Å²) in [4.78, 5) is 18.7. The molecule has 1 aromatic heterocycles. The summed E-state index contributed by atoms with van der Waals surface area (Å²) in [5.41, 5.74) is 0.782. The predicted octanol–water partition coefficient (Wildman–Crippen LogP) is 4.21. The van der Waals surface area contributed by atoms with Crippen molar-refractivity contribution in [1.82, 2.24) is 15.0 Å². The van der Waals surface area contributed by atoms with Gasteiger partial charge in [-0.15, -0.1) is 0 Å². The molecule has 1 amide bonds. The minimum atomic E-state index is -0.657. The Balaban J connectivity index is 1.67. The van der Waals surface area contributed by atoms with Crippen LogP contribution in [0.1, 0.15) is 19.2 Å². The van der Waals surface area contributed by atoms with E-state index in [1.165, 1.54) is 4.90 Å². The third-order valence-electron chi connectivity index (χ3n) is 4.30. The van der Waals surface area contributed by atoms with Crippen LogP contribution in [-0.2, 0) is 11.3 Å². The zero-order valence-electron chi connectivity index (χ0n) is 16.5. The van der Waals surface area contributed by atoms with Crippen molar-refractivity contribution in [3.63, 3.8) is 0 Å². The summed E-state index contributed by atoms with van der Waals surface area (Å²) in [5.74, 6) is 1.68. The zero-order valence-corrected chi connectivity index (χ0v) is 17.2. The van der Waals surface area contributed by atoms with Gasteiger partial charge in [-0.3, -0.25) is 4.79 Å². The number of benzene rings is 2. The molecule has 0 unspecified atom stereocenters. The molecule has 3 aromatic rings. The molecule has 0 fully saturated rings. The van der Waals surface area contributed by atoms with Crippen LogP contribution in [0.3, 0.4) is 0 Å². The number of amides is 1. The maximum atomic E-state index is 12.9. The second-order valence-electron chi connectivity index (χ2n) is 6.38. The Hall–Kier alpha value is -3.06. The maximum absolute atomic E-state index is 12.9. The van der Waals surface area contributed by atoms with Gasteiger partial charge in [0.1, 0.15) is 0 Å². The number of para-hydroxylation sites is 2.